The molecule has 0 atom stereocenters. The number of methoxy groups -OCH3 is 3. The Morgan fingerprint density at radius 1 is 0.711 bits per heavy atom. The topological polar surface area (TPSA) is 65.1 Å². The third-order valence-electron chi connectivity index (χ3n) is 6.64. The van der Waals surface area contributed by atoms with Gasteiger partial charge in [0.05, 0.1) is 12.5 Å². The highest BCUT2D eigenvalue weighted by Gasteiger charge is 2.56. The standard InChI is InChI=1S/C29H30F3NO5/c1-36-25(34)21-33(26(35)29(30,31)32)20-19-27(37-2,38-3)28(22-13-7-4-8-14-22,23-15-9-5-10-16-23)24-17-11-6-12-18-24/h4-18H,19-21H2,1-3H3. The Morgan fingerprint density at radius 3 is 1.42 bits per heavy atom. The van der Waals surface area contributed by atoms with Crippen molar-refractivity contribution in [2.45, 2.75) is 23.8 Å². The van der Waals surface area contributed by atoms with Crippen LogP contribution in [0.1, 0.15) is 23.1 Å². The monoisotopic (exact) mass is 529 g/mol. The van der Waals surface area contributed by atoms with E-state index in [4.69, 9.17) is 9.47 Å². The van der Waals surface area contributed by atoms with Crippen molar-refractivity contribution in [2.75, 3.05) is 34.4 Å². The van der Waals surface area contributed by atoms with E-state index in [0.29, 0.717) is 4.90 Å². The van der Waals surface area contributed by atoms with Gasteiger partial charge in [0.15, 0.2) is 5.79 Å². The molecule has 0 spiro atoms. The maximum absolute atomic E-state index is 13.5. The number of halogens is 3. The number of esters is 1. The molecule has 3 rings (SSSR count). The lowest BCUT2D eigenvalue weighted by atomic mass is 9.62. The number of amides is 1. The summed E-state index contributed by atoms with van der Waals surface area (Å²) >= 11 is 0. The molecule has 0 radical (unpaired) electrons. The van der Waals surface area contributed by atoms with Crippen LogP contribution in [0.3, 0.4) is 0 Å². The molecule has 6 nitrogen and oxygen atoms in total. The summed E-state index contributed by atoms with van der Waals surface area (Å²) in [5.41, 5.74) is 1.06. The average Bonchev–Trinajstić information content (AvgIpc) is 2.95. The van der Waals surface area contributed by atoms with Crippen molar-refractivity contribution in [1.29, 1.82) is 0 Å². The molecule has 0 aliphatic rings. The number of carbonyl (C=O) groups is 2. The number of benzene rings is 3. The molecule has 0 N–H and O–H groups in total. The summed E-state index contributed by atoms with van der Waals surface area (Å²) in [5, 5.41) is 0. The number of carbonyl (C=O) groups excluding carboxylic acids is 2. The van der Waals surface area contributed by atoms with Crippen LogP contribution in [0.2, 0.25) is 0 Å². The van der Waals surface area contributed by atoms with Crippen molar-refractivity contribution in [2.24, 2.45) is 0 Å². The SMILES string of the molecule is COC(=O)CN(CCC(OC)(OC)C(c1ccccc1)(c1ccccc1)c1ccccc1)C(=O)C(F)(F)F. The second kappa shape index (κ2) is 12.2. The molecule has 0 saturated carbocycles. The minimum absolute atomic E-state index is 0.225. The zero-order chi connectivity index (χ0) is 27.8. The lowest BCUT2D eigenvalue weighted by Gasteiger charge is -2.50. The van der Waals surface area contributed by atoms with E-state index in [1.807, 2.05) is 91.0 Å². The second-order valence-corrected chi connectivity index (χ2v) is 8.56. The molecule has 0 unspecified atom stereocenters. The van der Waals surface area contributed by atoms with Crippen molar-refractivity contribution in [3.05, 3.63) is 108 Å². The summed E-state index contributed by atoms with van der Waals surface area (Å²) < 4.78 is 57.1. The van der Waals surface area contributed by atoms with Crippen LogP contribution >= 0.6 is 0 Å². The van der Waals surface area contributed by atoms with Gasteiger partial charge in [-0.3, -0.25) is 9.59 Å². The summed E-state index contributed by atoms with van der Waals surface area (Å²) in [4.78, 5) is 24.6. The van der Waals surface area contributed by atoms with Gasteiger partial charge in [-0.1, -0.05) is 91.0 Å². The van der Waals surface area contributed by atoms with E-state index in [9.17, 15) is 22.8 Å². The number of hydrogen-bond acceptors (Lipinski definition) is 5. The molecule has 1 amide bonds. The van der Waals surface area contributed by atoms with Gasteiger partial charge in [0.2, 0.25) is 0 Å². The lowest BCUT2D eigenvalue weighted by Crippen LogP contribution is -2.58. The maximum Gasteiger partial charge on any atom is 0.471 e. The van der Waals surface area contributed by atoms with E-state index in [-0.39, 0.29) is 6.42 Å². The highest BCUT2D eigenvalue weighted by molar-refractivity contribution is 5.85. The Labute approximate surface area is 219 Å². The zero-order valence-electron chi connectivity index (χ0n) is 21.4. The predicted octanol–water partition coefficient (Wildman–Crippen LogP) is 4.96. The van der Waals surface area contributed by atoms with Crippen LogP contribution in [0.4, 0.5) is 13.2 Å². The van der Waals surface area contributed by atoms with Crippen molar-refractivity contribution in [3.8, 4) is 0 Å². The van der Waals surface area contributed by atoms with E-state index >= 15 is 0 Å². The molecule has 0 heterocycles. The second-order valence-electron chi connectivity index (χ2n) is 8.56. The first-order chi connectivity index (χ1) is 18.2. The Hall–Kier alpha value is -3.69. The Balaban J connectivity index is 2.26. The van der Waals surface area contributed by atoms with E-state index < -0.39 is 42.3 Å². The number of rotatable bonds is 11. The summed E-state index contributed by atoms with van der Waals surface area (Å²) in [6.07, 6.45) is -5.41. The molecule has 3 aromatic rings. The number of hydrogen-bond donors (Lipinski definition) is 0. The highest BCUT2D eigenvalue weighted by atomic mass is 19.4. The molecule has 0 saturated heterocycles. The van der Waals surface area contributed by atoms with Gasteiger partial charge in [-0.2, -0.15) is 13.2 Å². The number of nitrogens with zero attached hydrogens (tertiary/aromatic N) is 1. The van der Waals surface area contributed by atoms with Crippen LogP contribution in [-0.4, -0.2) is 63.2 Å². The van der Waals surface area contributed by atoms with E-state index in [2.05, 4.69) is 4.74 Å². The van der Waals surface area contributed by atoms with Crippen molar-refractivity contribution in [1.82, 2.24) is 4.90 Å². The van der Waals surface area contributed by atoms with Crippen LogP contribution in [0.25, 0.3) is 0 Å². The van der Waals surface area contributed by atoms with Crippen LogP contribution in [0.15, 0.2) is 91.0 Å². The molecule has 0 aliphatic carbocycles. The van der Waals surface area contributed by atoms with Gasteiger partial charge in [0.1, 0.15) is 6.54 Å². The van der Waals surface area contributed by atoms with Crippen molar-refractivity contribution >= 4 is 11.9 Å². The van der Waals surface area contributed by atoms with Crippen molar-refractivity contribution < 1.29 is 37.0 Å². The van der Waals surface area contributed by atoms with Gasteiger partial charge in [0, 0.05) is 27.2 Å². The molecular formula is C29H30F3NO5. The van der Waals surface area contributed by atoms with Crippen molar-refractivity contribution in [3.63, 3.8) is 0 Å². The molecule has 0 bridgehead atoms. The van der Waals surface area contributed by atoms with Crippen LogP contribution in [0.5, 0.6) is 0 Å². The smallest absolute Gasteiger partial charge is 0.468 e. The normalized spacial score (nSPS) is 12.2. The Kier molecular flexibility index (Phi) is 9.30. The van der Waals surface area contributed by atoms with Gasteiger partial charge in [-0.15, -0.1) is 0 Å². The largest absolute Gasteiger partial charge is 0.471 e. The van der Waals surface area contributed by atoms with E-state index in [1.165, 1.54) is 14.2 Å². The molecule has 0 aliphatic heterocycles. The zero-order valence-corrected chi connectivity index (χ0v) is 21.4. The van der Waals surface area contributed by atoms with Crippen LogP contribution in [0, 0.1) is 0 Å². The molecule has 0 fully saturated rings. The molecule has 9 heteroatoms. The summed E-state index contributed by atoms with van der Waals surface area (Å²) in [6.45, 7) is -1.39. The fourth-order valence-corrected chi connectivity index (χ4v) is 4.94. The van der Waals surface area contributed by atoms with Gasteiger partial charge in [-0.25, -0.2) is 0 Å². The minimum Gasteiger partial charge on any atom is -0.468 e. The number of ether oxygens (including phenoxy) is 3. The molecular weight excluding hydrogens is 499 g/mol. The first-order valence-electron chi connectivity index (χ1n) is 11.9. The first kappa shape index (κ1) is 28.9. The average molecular weight is 530 g/mol. The summed E-state index contributed by atoms with van der Waals surface area (Å²) in [7, 11) is 3.85. The summed E-state index contributed by atoms with van der Waals surface area (Å²) in [5.74, 6) is -4.77. The maximum atomic E-state index is 13.5. The Bertz CT molecular complexity index is 1090. The highest BCUT2D eigenvalue weighted by Crippen LogP contribution is 2.51. The van der Waals surface area contributed by atoms with Gasteiger partial charge < -0.3 is 19.1 Å². The third-order valence-corrected chi connectivity index (χ3v) is 6.64. The molecule has 38 heavy (non-hydrogen) atoms. The molecule has 0 aromatic heterocycles. The van der Waals surface area contributed by atoms with E-state index in [1.54, 1.807) is 0 Å². The first-order valence-corrected chi connectivity index (χ1v) is 11.9. The van der Waals surface area contributed by atoms with Crippen LogP contribution < -0.4 is 0 Å². The van der Waals surface area contributed by atoms with Crippen LogP contribution in [-0.2, 0) is 29.2 Å². The fraction of sp³-hybridized carbons (Fsp3) is 0.310. The quantitative estimate of drug-likeness (QED) is 0.200. The third kappa shape index (κ3) is 5.58. The molecule has 3 aromatic carbocycles. The van der Waals surface area contributed by atoms with Gasteiger partial charge >= 0.3 is 18.1 Å². The van der Waals surface area contributed by atoms with Gasteiger partial charge in [-0.05, 0) is 16.7 Å². The Morgan fingerprint density at radius 2 is 1.11 bits per heavy atom. The van der Waals surface area contributed by atoms with E-state index in [0.717, 1.165) is 23.8 Å². The molecule has 202 valence electrons. The summed E-state index contributed by atoms with van der Waals surface area (Å²) in [6, 6.07) is 28.0. The lowest BCUT2D eigenvalue weighted by molar-refractivity contribution is -0.241. The van der Waals surface area contributed by atoms with Gasteiger partial charge in [0.25, 0.3) is 0 Å². The minimum atomic E-state index is -5.19. The fourth-order valence-electron chi connectivity index (χ4n) is 4.94. The predicted molar refractivity (Wildman–Crippen MR) is 135 cm³/mol. The number of alkyl halides is 3.